The molecule has 0 atom stereocenters. The number of aromatic hydroxyl groups is 1. The van der Waals surface area contributed by atoms with Crippen LogP contribution in [0.3, 0.4) is 0 Å². The molecule has 0 aromatic heterocycles. The third kappa shape index (κ3) is 4.03. The van der Waals surface area contributed by atoms with Crippen LogP contribution in [0.15, 0.2) is 12.1 Å². The lowest BCUT2D eigenvalue weighted by Gasteiger charge is -2.08. The number of carbonyl (C=O) groups is 2. The Morgan fingerprint density at radius 1 is 1.23 bits per heavy atom. The van der Waals surface area contributed by atoms with Gasteiger partial charge < -0.3 is 24.6 Å². The van der Waals surface area contributed by atoms with Gasteiger partial charge in [-0.1, -0.05) is 6.42 Å². The van der Waals surface area contributed by atoms with Gasteiger partial charge in [0.15, 0.2) is 11.5 Å². The van der Waals surface area contributed by atoms with Gasteiger partial charge in [-0.15, -0.1) is 0 Å². The van der Waals surface area contributed by atoms with Crippen molar-refractivity contribution in [2.45, 2.75) is 25.7 Å². The smallest absolute Gasteiger partial charge is 0.305 e. The Hall–Kier alpha value is -2.44. The molecule has 1 aromatic rings. The summed E-state index contributed by atoms with van der Waals surface area (Å²) < 4.78 is 14.8. The lowest BCUT2D eigenvalue weighted by Crippen LogP contribution is -2.24. The Kier molecular flexibility index (Phi) is 5.46. The van der Waals surface area contributed by atoms with Gasteiger partial charge >= 0.3 is 5.97 Å². The second-order valence-electron chi connectivity index (χ2n) is 4.87. The molecule has 120 valence electrons. The zero-order valence-corrected chi connectivity index (χ0v) is 12.4. The highest BCUT2D eigenvalue weighted by molar-refractivity contribution is 5.97. The summed E-state index contributed by atoms with van der Waals surface area (Å²) in [4.78, 5) is 22.9. The highest BCUT2D eigenvalue weighted by atomic mass is 16.7. The SMILES string of the molecule is COC(=O)CCCCCNC(=O)c1cc2c(cc1O)OCO2. The minimum Gasteiger partial charge on any atom is -0.507 e. The fraction of sp³-hybridized carbons (Fsp3) is 0.467. The highest BCUT2D eigenvalue weighted by Crippen LogP contribution is 2.37. The van der Waals surface area contributed by atoms with Gasteiger partial charge in [-0.2, -0.15) is 0 Å². The molecular formula is C15H19NO6. The molecule has 0 unspecified atom stereocenters. The maximum Gasteiger partial charge on any atom is 0.305 e. The van der Waals surface area contributed by atoms with Crippen LogP contribution >= 0.6 is 0 Å². The Labute approximate surface area is 128 Å². The number of amides is 1. The van der Waals surface area contributed by atoms with Crippen LogP contribution in [-0.2, 0) is 9.53 Å². The van der Waals surface area contributed by atoms with Crippen LogP contribution in [0, 0.1) is 0 Å². The second kappa shape index (κ2) is 7.53. The number of rotatable bonds is 7. The van der Waals surface area contributed by atoms with Crippen LogP contribution in [0.5, 0.6) is 17.2 Å². The van der Waals surface area contributed by atoms with Crippen LogP contribution in [-0.4, -0.2) is 37.4 Å². The van der Waals surface area contributed by atoms with Gasteiger partial charge in [-0.05, 0) is 12.8 Å². The fourth-order valence-corrected chi connectivity index (χ4v) is 2.08. The minimum atomic E-state index is -0.372. The van der Waals surface area contributed by atoms with E-state index in [1.54, 1.807) is 0 Å². The standard InChI is InChI=1S/C15H19NO6/c1-20-14(18)5-3-2-4-6-16-15(19)10-7-12-13(8-11(10)17)22-9-21-12/h7-8,17H,2-6,9H2,1H3,(H,16,19). The zero-order chi connectivity index (χ0) is 15.9. The number of benzene rings is 1. The van der Waals surface area contributed by atoms with E-state index in [-0.39, 0.29) is 30.0 Å². The lowest BCUT2D eigenvalue weighted by molar-refractivity contribution is -0.140. The average molecular weight is 309 g/mol. The largest absolute Gasteiger partial charge is 0.507 e. The molecule has 7 heteroatoms. The molecule has 0 spiro atoms. The van der Waals surface area contributed by atoms with Crippen molar-refractivity contribution in [2.75, 3.05) is 20.4 Å². The van der Waals surface area contributed by atoms with Crippen molar-refractivity contribution in [3.63, 3.8) is 0 Å². The summed E-state index contributed by atoms with van der Waals surface area (Å²) in [6.45, 7) is 0.550. The molecule has 0 fully saturated rings. The maximum absolute atomic E-state index is 12.0. The van der Waals surface area contributed by atoms with Gasteiger partial charge in [0.05, 0.1) is 12.7 Å². The van der Waals surface area contributed by atoms with Gasteiger partial charge in [-0.3, -0.25) is 9.59 Å². The monoisotopic (exact) mass is 309 g/mol. The van der Waals surface area contributed by atoms with Crippen molar-refractivity contribution in [1.29, 1.82) is 0 Å². The van der Waals surface area contributed by atoms with E-state index in [0.29, 0.717) is 24.5 Å². The molecule has 1 amide bonds. The summed E-state index contributed by atoms with van der Waals surface area (Å²) in [6, 6.07) is 2.83. The third-order valence-electron chi connectivity index (χ3n) is 3.31. The number of hydrogen-bond donors (Lipinski definition) is 2. The van der Waals surface area contributed by atoms with Gasteiger partial charge in [-0.25, -0.2) is 0 Å². The molecule has 0 bridgehead atoms. The predicted molar refractivity (Wildman–Crippen MR) is 77.0 cm³/mol. The summed E-state index contributed by atoms with van der Waals surface area (Å²) in [5.41, 5.74) is 0.152. The van der Waals surface area contributed by atoms with Crippen molar-refractivity contribution < 1.29 is 28.9 Å². The Bertz CT molecular complexity index is 557. The number of carbonyl (C=O) groups excluding carboxylic acids is 2. The van der Waals surface area contributed by atoms with E-state index in [4.69, 9.17) is 9.47 Å². The van der Waals surface area contributed by atoms with Crippen LogP contribution < -0.4 is 14.8 Å². The molecule has 0 saturated carbocycles. The van der Waals surface area contributed by atoms with Crippen LogP contribution in [0.1, 0.15) is 36.0 Å². The highest BCUT2D eigenvalue weighted by Gasteiger charge is 2.20. The van der Waals surface area contributed by atoms with Crippen molar-refractivity contribution in [2.24, 2.45) is 0 Å². The zero-order valence-electron chi connectivity index (χ0n) is 12.4. The number of esters is 1. The molecule has 2 rings (SSSR count). The van der Waals surface area contributed by atoms with Crippen LogP contribution in [0.25, 0.3) is 0 Å². The van der Waals surface area contributed by atoms with E-state index in [1.165, 1.54) is 19.2 Å². The van der Waals surface area contributed by atoms with Gasteiger partial charge in [0.2, 0.25) is 6.79 Å². The van der Waals surface area contributed by atoms with Crippen LogP contribution in [0.2, 0.25) is 0 Å². The fourth-order valence-electron chi connectivity index (χ4n) is 2.08. The van der Waals surface area contributed by atoms with Crippen molar-refractivity contribution >= 4 is 11.9 Å². The number of hydrogen-bond acceptors (Lipinski definition) is 6. The Morgan fingerprint density at radius 2 is 1.95 bits per heavy atom. The first kappa shape index (κ1) is 15.9. The summed E-state index contributed by atoms with van der Waals surface area (Å²) in [5.74, 6) is 0.128. The summed E-state index contributed by atoms with van der Waals surface area (Å²) in [6.07, 6.45) is 2.65. The molecule has 7 nitrogen and oxygen atoms in total. The van der Waals surface area contributed by atoms with Crippen molar-refractivity contribution in [3.05, 3.63) is 17.7 Å². The molecule has 1 aliphatic rings. The average Bonchev–Trinajstić information content (AvgIpc) is 2.96. The van der Waals surface area contributed by atoms with E-state index >= 15 is 0 Å². The van der Waals surface area contributed by atoms with Gasteiger partial charge in [0.1, 0.15) is 5.75 Å². The number of fused-ring (bicyclic) bond motifs is 1. The normalized spacial score (nSPS) is 12.0. The number of phenolic OH excluding ortho intramolecular Hbond substituents is 1. The van der Waals surface area contributed by atoms with E-state index in [2.05, 4.69) is 10.1 Å². The lowest BCUT2D eigenvalue weighted by atomic mass is 10.1. The Morgan fingerprint density at radius 3 is 2.68 bits per heavy atom. The predicted octanol–water partition coefficient (Wildman–Crippen LogP) is 1.58. The van der Waals surface area contributed by atoms with Crippen molar-refractivity contribution in [3.8, 4) is 17.2 Å². The Balaban J connectivity index is 1.75. The molecule has 0 saturated heterocycles. The molecule has 1 heterocycles. The molecule has 0 radical (unpaired) electrons. The molecule has 0 aliphatic carbocycles. The first-order valence-electron chi connectivity index (χ1n) is 7.09. The number of nitrogens with one attached hydrogen (secondary N) is 1. The first-order valence-corrected chi connectivity index (χ1v) is 7.09. The van der Waals surface area contributed by atoms with Gasteiger partial charge in [0, 0.05) is 25.1 Å². The summed E-state index contributed by atoms with van der Waals surface area (Å²) in [5, 5.41) is 12.5. The molecular weight excluding hydrogens is 290 g/mol. The summed E-state index contributed by atoms with van der Waals surface area (Å²) in [7, 11) is 1.36. The van der Waals surface area contributed by atoms with Gasteiger partial charge in [0.25, 0.3) is 5.91 Å². The second-order valence-corrected chi connectivity index (χ2v) is 4.87. The molecule has 22 heavy (non-hydrogen) atoms. The van der Waals surface area contributed by atoms with E-state index in [1.807, 2.05) is 0 Å². The minimum absolute atomic E-state index is 0.0834. The quantitative estimate of drug-likeness (QED) is 0.587. The summed E-state index contributed by atoms with van der Waals surface area (Å²) >= 11 is 0. The van der Waals surface area contributed by atoms with E-state index < -0.39 is 0 Å². The van der Waals surface area contributed by atoms with E-state index in [0.717, 1.165) is 19.3 Å². The first-order chi connectivity index (χ1) is 10.6. The van der Waals surface area contributed by atoms with Crippen LogP contribution in [0.4, 0.5) is 0 Å². The topological polar surface area (TPSA) is 94.1 Å². The number of unbranched alkanes of at least 4 members (excludes halogenated alkanes) is 2. The third-order valence-corrected chi connectivity index (χ3v) is 3.31. The number of ether oxygens (including phenoxy) is 3. The maximum atomic E-state index is 12.0. The van der Waals surface area contributed by atoms with Crippen molar-refractivity contribution in [1.82, 2.24) is 5.32 Å². The molecule has 1 aromatic carbocycles. The molecule has 1 aliphatic heterocycles. The van der Waals surface area contributed by atoms with E-state index in [9.17, 15) is 14.7 Å². The number of methoxy groups -OCH3 is 1. The number of phenols is 1. The molecule has 2 N–H and O–H groups in total.